The Kier molecular flexibility index (Phi) is 5.29. The molecular formula is C22H17N3OS2. The molecule has 0 saturated carbocycles. The van der Waals surface area contributed by atoms with Gasteiger partial charge in [-0.2, -0.15) is 5.26 Å². The highest BCUT2D eigenvalue weighted by Gasteiger charge is 2.13. The molecule has 6 heteroatoms. The van der Waals surface area contributed by atoms with Crippen LogP contribution in [-0.2, 0) is 12.2 Å². The van der Waals surface area contributed by atoms with Gasteiger partial charge in [-0.05, 0) is 35.2 Å². The van der Waals surface area contributed by atoms with Crippen LogP contribution in [0, 0.1) is 11.3 Å². The number of nitrogens with zero attached hydrogens (tertiary/aromatic N) is 2. The number of aromatic nitrogens is 2. The van der Waals surface area contributed by atoms with Crippen molar-refractivity contribution in [1.82, 2.24) is 9.97 Å². The molecule has 4 rings (SSSR count). The first kappa shape index (κ1) is 18.5. The van der Waals surface area contributed by atoms with E-state index in [2.05, 4.69) is 47.2 Å². The van der Waals surface area contributed by atoms with E-state index in [4.69, 9.17) is 5.26 Å². The minimum Gasteiger partial charge on any atom is -0.301 e. The molecule has 138 valence electrons. The summed E-state index contributed by atoms with van der Waals surface area (Å²) < 4.78 is 0. The fraction of sp³-hybridized carbons (Fsp3) is 0.136. The third-order valence-electron chi connectivity index (χ3n) is 4.53. The predicted molar refractivity (Wildman–Crippen MR) is 116 cm³/mol. The van der Waals surface area contributed by atoms with Gasteiger partial charge in [0.15, 0.2) is 5.16 Å². The summed E-state index contributed by atoms with van der Waals surface area (Å²) in [6.45, 7) is 2.12. The van der Waals surface area contributed by atoms with Crippen LogP contribution >= 0.6 is 23.1 Å². The lowest BCUT2D eigenvalue weighted by Crippen LogP contribution is -2.08. The zero-order valence-electron chi connectivity index (χ0n) is 15.2. The summed E-state index contributed by atoms with van der Waals surface area (Å²) in [7, 11) is 0. The number of hydrogen-bond acceptors (Lipinski definition) is 5. The fourth-order valence-electron chi connectivity index (χ4n) is 3.01. The number of fused-ring (bicyclic) bond motifs is 1. The van der Waals surface area contributed by atoms with Crippen LogP contribution in [0.4, 0.5) is 0 Å². The molecule has 0 amide bonds. The highest BCUT2D eigenvalue weighted by molar-refractivity contribution is 7.98. The van der Waals surface area contributed by atoms with Crippen molar-refractivity contribution in [3.63, 3.8) is 0 Å². The average molecular weight is 404 g/mol. The molecule has 0 unspecified atom stereocenters. The van der Waals surface area contributed by atoms with E-state index in [1.54, 1.807) is 6.07 Å². The number of benzene rings is 2. The number of nitriles is 1. The minimum absolute atomic E-state index is 0.117. The van der Waals surface area contributed by atoms with Crippen molar-refractivity contribution < 1.29 is 0 Å². The second kappa shape index (κ2) is 8.01. The fourth-order valence-corrected chi connectivity index (χ4v) is 4.82. The van der Waals surface area contributed by atoms with E-state index >= 15 is 0 Å². The van der Waals surface area contributed by atoms with Crippen molar-refractivity contribution in [3.8, 4) is 17.2 Å². The first-order valence-corrected chi connectivity index (χ1v) is 10.8. The summed E-state index contributed by atoms with van der Waals surface area (Å²) in [5.74, 6) is 0.640. The highest BCUT2D eigenvalue weighted by atomic mass is 32.2. The number of aryl methyl sites for hydroxylation is 1. The Bertz CT molecular complexity index is 1230. The number of H-pyrrole nitrogens is 1. The van der Waals surface area contributed by atoms with Crippen LogP contribution in [0.2, 0.25) is 0 Å². The molecule has 0 aliphatic carbocycles. The molecule has 4 aromatic rings. The number of thioether (sulfide) groups is 1. The average Bonchev–Trinajstić information content (AvgIpc) is 3.17. The van der Waals surface area contributed by atoms with E-state index in [1.807, 2.05) is 23.6 Å². The molecule has 0 atom stereocenters. The number of aromatic amines is 1. The van der Waals surface area contributed by atoms with Crippen LogP contribution in [-0.4, -0.2) is 9.97 Å². The van der Waals surface area contributed by atoms with Crippen molar-refractivity contribution >= 4 is 33.3 Å². The molecular weight excluding hydrogens is 386 g/mol. The van der Waals surface area contributed by atoms with E-state index in [9.17, 15) is 4.79 Å². The third kappa shape index (κ3) is 3.72. The molecule has 0 aliphatic heterocycles. The standard InChI is InChI=1S/C22H17N3OS2/c1-2-14-6-8-17(9-7-14)18-13-27-21-19(18)20(26)24-22(25-21)28-12-16-5-3-4-15(10-16)11-23/h3-10,13H,2,12H2,1H3,(H,24,25,26). The van der Waals surface area contributed by atoms with Crippen molar-refractivity contribution in [2.75, 3.05) is 0 Å². The third-order valence-corrected chi connectivity index (χ3v) is 6.34. The molecule has 1 N–H and O–H groups in total. The predicted octanol–water partition coefficient (Wildman–Crippen LogP) is 5.38. The monoisotopic (exact) mass is 403 g/mol. The van der Waals surface area contributed by atoms with Crippen molar-refractivity contribution in [1.29, 1.82) is 5.26 Å². The maximum Gasteiger partial charge on any atom is 0.260 e. The Morgan fingerprint density at radius 1 is 1.18 bits per heavy atom. The molecule has 0 bridgehead atoms. The largest absolute Gasteiger partial charge is 0.301 e. The van der Waals surface area contributed by atoms with Crippen molar-refractivity contribution in [2.45, 2.75) is 24.3 Å². The lowest BCUT2D eigenvalue weighted by Gasteiger charge is -2.04. The van der Waals surface area contributed by atoms with E-state index in [0.717, 1.165) is 27.9 Å². The lowest BCUT2D eigenvalue weighted by molar-refractivity contribution is 0.980. The Morgan fingerprint density at radius 3 is 2.75 bits per heavy atom. The number of nitrogens with one attached hydrogen (secondary N) is 1. The van der Waals surface area contributed by atoms with Gasteiger partial charge in [0.25, 0.3) is 5.56 Å². The molecule has 0 radical (unpaired) electrons. The van der Waals surface area contributed by atoms with Crippen molar-refractivity contribution in [2.24, 2.45) is 0 Å². The number of thiophene rings is 1. The van der Waals surface area contributed by atoms with Crippen LogP contribution in [0.3, 0.4) is 0 Å². The van der Waals surface area contributed by atoms with Crippen LogP contribution in [0.5, 0.6) is 0 Å². The van der Waals surface area contributed by atoms with E-state index < -0.39 is 0 Å². The maximum absolute atomic E-state index is 12.7. The van der Waals surface area contributed by atoms with Crippen LogP contribution in [0.1, 0.15) is 23.6 Å². The summed E-state index contributed by atoms with van der Waals surface area (Å²) >= 11 is 2.95. The molecule has 28 heavy (non-hydrogen) atoms. The van der Waals surface area contributed by atoms with Crippen LogP contribution in [0.25, 0.3) is 21.3 Å². The maximum atomic E-state index is 12.7. The second-order valence-corrected chi connectivity index (χ2v) is 8.17. The summed E-state index contributed by atoms with van der Waals surface area (Å²) in [6, 6.07) is 17.9. The second-order valence-electron chi connectivity index (χ2n) is 6.35. The Labute approximate surface area is 170 Å². The van der Waals surface area contributed by atoms with Gasteiger partial charge in [0.05, 0.1) is 17.0 Å². The quantitative estimate of drug-likeness (QED) is 0.359. The lowest BCUT2D eigenvalue weighted by atomic mass is 10.0. The first-order valence-electron chi connectivity index (χ1n) is 8.90. The zero-order chi connectivity index (χ0) is 19.5. The molecule has 0 aliphatic rings. The van der Waals surface area contributed by atoms with Gasteiger partial charge in [-0.15, -0.1) is 11.3 Å². The molecule has 2 aromatic carbocycles. The first-order chi connectivity index (χ1) is 13.7. The summed E-state index contributed by atoms with van der Waals surface area (Å²) in [6.07, 6.45) is 0.991. The molecule has 0 fully saturated rings. The van der Waals surface area contributed by atoms with E-state index in [-0.39, 0.29) is 5.56 Å². The van der Waals surface area contributed by atoms with Gasteiger partial charge in [-0.25, -0.2) is 4.98 Å². The topological polar surface area (TPSA) is 69.5 Å². The van der Waals surface area contributed by atoms with E-state index in [1.165, 1.54) is 28.7 Å². The highest BCUT2D eigenvalue weighted by Crippen LogP contribution is 2.32. The SMILES string of the molecule is CCc1ccc(-c2csc3nc(SCc4cccc(C#N)c4)[nH]c(=O)c23)cc1. The Morgan fingerprint density at radius 2 is 2.00 bits per heavy atom. The van der Waals surface area contributed by atoms with Crippen LogP contribution < -0.4 is 5.56 Å². The molecule has 2 aromatic heterocycles. The van der Waals surface area contributed by atoms with Gasteiger partial charge < -0.3 is 4.98 Å². The van der Waals surface area contributed by atoms with Gasteiger partial charge in [-0.1, -0.05) is 55.1 Å². The molecule has 4 nitrogen and oxygen atoms in total. The Balaban J connectivity index is 1.62. The summed E-state index contributed by atoms with van der Waals surface area (Å²) in [4.78, 5) is 21.0. The molecule has 2 heterocycles. The smallest absolute Gasteiger partial charge is 0.260 e. The van der Waals surface area contributed by atoms with Gasteiger partial charge in [0.2, 0.25) is 0 Å². The van der Waals surface area contributed by atoms with E-state index in [0.29, 0.717) is 21.9 Å². The molecule has 0 saturated heterocycles. The summed E-state index contributed by atoms with van der Waals surface area (Å²) in [5.41, 5.74) is 4.77. The minimum atomic E-state index is -0.117. The van der Waals surface area contributed by atoms with Gasteiger partial charge in [-0.3, -0.25) is 4.79 Å². The Hall–Kier alpha value is -2.88. The zero-order valence-corrected chi connectivity index (χ0v) is 16.9. The number of rotatable bonds is 5. The van der Waals surface area contributed by atoms with Gasteiger partial charge in [0.1, 0.15) is 4.83 Å². The van der Waals surface area contributed by atoms with Gasteiger partial charge in [0, 0.05) is 16.7 Å². The number of hydrogen-bond donors (Lipinski definition) is 1. The van der Waals surface area contributed by atoms with Crippen molar-refractivity contribution in [3.05, 3.63) is 81.0 Å². The normalized spacial score (nSPS) is 10.9. The molecule has 0 spiro atoms. The van der Waals surface area contributed by atoms with Gasteiger partial charge >= 0.3 is 0 Å². The van der Waals surface area contributed by atoms with Crippen LogP contribution in [0.15, 0.2) is 63.9 Å². The summed E-state index contributed by atoms with van der Waals surface area (Å²) in [5, 5.41) is 12.2.